The molecular formula is C10H14N2O2. The minimum absolute atomic E-state index is 0.0265. The molecule has 1 atom stereocenters. The SMILES string of the molecule is C[C@H](N)Cc1cc(C(=O)O)ccc1N. The zero-order valence-corrected chi connectivity index (χ0v) is 8.03. The van der Waals surface area contributed by atoms with Crippen molar-refractivity contribution < 1.29 is 9.90 Å². The van der Waals surface area contributed by atoms with Crippen LogP contribution in [0.15, 0.2) is 18.2 Å². The number of anilines is 1. The van der Waals surface area contributed by atoms with Gasteiger partial charge in [0.15, 0.2) is 0 Å². The Morgan fingerprint density at radius 2 is 2.21 bits per heavy atom. The van der Waals surface area contributed by atoms with Crippen LogP contribution in [0.4, 0.5) is 5.69 Å². The van der Waals surface area contributed by atoms with Gasteiger partial charge in [-0.25, -0.2) is 4.79 Å². The molecule has 0 saturated heterocycles. The highest BCUT2D eigenvalue weighted by atomic mass is 16.4. The summed E-state index contributed by atoms with van der Waals surface area (Å²) in [5, 5.41) is 8.76. The highest BCUT2D eigenvalue weighted by molar-refractivity contribution is 5.88. The normalized spacial score (nSPS) is 12.4. The third-order valence-corrected chi connectivity index (χ3v) is 1.93. The van der Waals surface area contributed by atoms with Crippen LogP contribution < -0.4 is 11.5 Å². The summed E-state index contributed by atoms with van der Waals surface area (Å²) in [4.78, 5) is 10.7. The first-order valence-electron chi connectivity index (χ1n) is 4.38. The lowest BCUT2D eigenvalue weighted by molar-refractivity contribution is 0.0697. The Kier molecular flexibility index (Phi) is 3.09. The first-order chi connectivity index (χ1) is 6.50. The molecule has 4 heteroatoms. The quantitative estimate of drug-likeness (QED) is 0.622. The summed E-state index contributed by atoms with van der Waals surface area (Å²) in [7, 11) is 0. The van der Waals surface area contributed by atoms with Gasteiger partial charge < -0.3 is 16.6 Å². The molecule has 0 aliphatic rings. The minimum Gasteiger partial charge on any atom is -0.478 e. The topological polar surface area (TPSA) is 89.3 Å². The van der Waals surface area contributed by atoms with Crippen LogP contribution in [0.2, 0.25) is 0 Å². The fraction of sp³-hybridized carbons (Fsp3) is 0.300. The Hall–Kier alpha value is -1.55. The van der Waals surface area contributed by atoms with E-state index >= 15 is 0 Å². The van der Waals surface area contributed by atoms with E-state index < -0.39 is 5.97 Å². The first-order valence-corrected chi connectivity index (χ1v) is 4.38. The molecule has 76 valence electrons. The van der Waals surface area contributed by atoms with Crippen LogP contribution in [0.5, 0.6) is 0 Å². The zero-order valence-electron chi connectivity index (χ0n) is 8.03. The molecular weight excluding hydrogens is 180 g/mol. The van der Waals surface area contributed by atoms with Gasteiger partial charge in [-0.05, 0) is 37.1 Å². The summed E-state index contributed by atoms with van der Waals surface area (Å²) < 4.78 is 0. The van der Waals surface area contributed by atoms with E-state index in [1.807, 2.05) is 6.92 Å². The van der Waals surface area contributed by atoms with E-state index in [-0.39, 0.29) is 11.6 Å². The van der Waals surface area contributed by atoms with Gasteiger partial charge in [-0.3, -0.25) is 0 Å². The molecule has 0 unspecified atom stereocenters. The number of carboxylic acid groups (broad SMARTS) is 1. The molecule has 0 aromatic heterocycles. The van der Waals surface area contributed by atoms with Crippen LogP contribution >= 0.6 is 0 Å². The summed E-state index contributed by atoms with van der Waals surface area (Å²) in [6.07, 6.45) is 0.590. The van der Waals surface area contributed by atoms with Crippen molar-refractivity contribution in [1.29, 1.82) is 0 Å². The maximum absolute atomic E-state index is 10.7. The molecule has 1 aromatic rings. The number of carboxylic acids is 1. The average Bonchev–Trinajstić information content (AvgIpc) is 2.07. The summed E-state index contributed by atoms with van der Waals surface area (Å²) in [5.41, 5.74) is 12.9. The van der Waals surface area contributed by atoms with Crippen LogP contribution in [0.1, 0.15) is 22.8 Å². The van der Waals surface area contributed by atoms with Crippen molar-refractivity contribution in [3.63, 3.8) is 0 Å². The van der Waals surface area contributed by atoms with Gasteiger partial charge in [0, 0.05) is 11.7 Å². The lowest BCUT2D eigenvalue weighted by Crippen LogP contribution is -2.18. The largest absolute Gasteiger partial charge is 0.478 e. The van der Waals surface area contributed by atoms with Crippen molar-refractivity contribution in [1.82, 2.24) is 0 Å². The second-order valence-electron chi connectivity index (χ2n) is 3.40. The molecule has 0 spiro atoms. The second kappa shape index (κ2) is 4.11. The van der Waals surface area contributed by atoms with Crippen molar-refractivity contribution in [2.75, 3.05) is 5.73 Å². The van der Waals surface area contributed by atoms with Crippen LogP contribution in [-0.2, 0) is 6.42 Å². The van der Waals surface area contributed by atoms with Crippen LogP contribution in [0.25, 0.3) is 0 Å². The van der Waals surface area contributed by atoms with E-state index in [4.69, 9.17) is 16.6 Å². The van der Waals surface area contributed by atoms with Gasteiger partial charge in [0.05, 0.1) is 5.56 Å². The van der Waals surface area contributed by atoms with E-state index in [1.165, 1.54) is 6.07 Å². The minimum atomic E-state index is -0.948. The maximum Gasteiger partial charge on any atom is 0.335 e. The number of nitrogens with two attached hydrogens (primary N) is 2. The van der Waals surface area contributed by atoms with Crippen LogP contribution in [0.3, 0.4) is 0 Å². The third-order valence-electron chi connectivity index (χ3n) is 1.93. The predicted octanol–water partition coefficient (Wildman–Crippen LogP) is 0.857. The van der Waals surface area contributed by atoms with Crippen molar-refractivity contribution >= 4 is 11.7 Å². The zero-order chi connectivity index (χ0) is 10.7. The lowest BCUT2D eigenvalue weighted by Gasteiger charge is -2.09. The van der Waals surface area contributed by atoms with E-state index in [2.05, 4.69) is 0 Å². The Labute approximate surface area is 82.5 Å². The van der Waals surface area contributed by atoms with Crippen molar-refractivity contribution in [3.05, 3.63) is 29.3 Å². The second-order valence-corrected chi connectivity index (χ2v) is 3.40. The molecule has 0 bridgehead atoms. The number of nitrogen functional groups attached to an aromatic ring is 1. The lowest BCUT2D eigenvalue weighted by atomic mass is 10.0. The van der Waals surface area contributed by atoms with Gasteiger partial charge in [-0.15, -0.1) is 0 Å². The molecule has 0 fully saturated rings. The summed E-state index contributed by atoms with van der Waals surface area (Å²) in [6.45, 7) is 1.85. The van der Waals surface area contributed by atoms with E-state index in [1.54, 1.807) is 12.1 Å². The number of aromatic carboxylic acids is 1. The standard InChI is InChI=1S/C10H14N2O2/c1-6(11)4-8-5-7(10(13)14)2-3-9(8)12/h2-3,5-6H,4,11-12H2,1H3,(H,13,14)/t6-/m0/s1. The smallest absolute Gasteiger partial charge is 0.335 e. The Morgan fingerprint density at radius 3 is 2.71 bits per heavy atom. The Balaban J connectivity index is 3.02. The van der Waals surface area contributed by atoms with Gasteiger partial charge in [0.2, 0.25) is 0 Å². The third kappa shape index (κ3) is 2.47. The van der Waals surface area contributed by atoms with Gasteiger partial charge >= 0.3 is 5.97 Å². The fourth-order valence-electron chi connectivity index (χ4n) is 1.26. The van der Waals surface area contributed by atoms with Crippen molar-refractivity contribution in [2.45, 2.75) is 19.4 Å². The highest BCUT2D eigenvalue weighted by Crippen LogP contribution is 2.15. The van der Waals surface area contributed by atoms with Gasteiger partial charge in [-0.2, -0.15) is 0 Å². The van der Waals surface area contributed by atoms with Crippen LogP contribution in [0, 0.1) is 0 Å². The predicted molar refractivity (Wildman–Crippen MR) is 55.2 cm³/mol. The van der Waals surface area contributed by atoms with Gasteiger partial charge in [0.25, 0.3) is 0 Å². The summed E-state index contributed by atoms with van der Waals surface area (Å²) in [6, 6.07) is 4.63. The molecule has 0 amide bonds. The molecule has 0 radical (unpaired) electrons. The molecule has 0 aliphatic carbocycles. The van der Waals surface area contributed by atoms with E-state index in [9.17, 15) is 4.79 Å². The molecule has 0 heterocycles. The van der Waals surface area contributed by atoms with E-state index in [0.717, 1.165) is 5.56 Å². The molecule has 5 N–H and O–H groups in total. The van der Waals surface area contributed by atoms with E-state index in [0.29, 0.717) is 12.1 Å². The molecule has 1 aromatic carbocycles. The summed E-state index contributed by atoms with van der Waals surface area (Å²) in [5.74, 6) is -0.948. The molecule has 0 saturated carbocycles. The number of carbonyl (C=O) groups is 1. The molecule has 14 heavy (non-hydrogen) atoms. The number of hydrogen-bond donors (Lipinski definition) is 3. The highest BCUT2D eigenvalue weighted by Gasteiger charge is 2.07. The number of benzene rings is 1. The monoisotopic (exact) mass is 194 g/mol. The van der Waals surface area contributed by atoms with Crippen molar-refractivity contribution in [3.8, 4) is 0 Å². The molecule has 4 nitrogen and oxygen atoms in total. The van der Waals surface area contributed by atoms with Crippen LogP contribution in [-0.4, -0.2) is 17.1 Å². The fourth-order valence-corrected chi connectivity index (χ4v) is 1.26. The molecule has 1 rings (SSSR count). The first kappa shape index (κ1) is 10.5. The Bertz CT molecular complexity index is 348. The number of hydrogen-bond acceptors (Lipinski definition) is 3. The van der Waals surface area contributed by atoms with Gasteiger partial charge in [-0.1, -0.05) is 0 Å². The molecule has 0 aliphatic heterocycles. The Morgan fingerprint density at radius 1 is 1.57 bits per heavy atom. The summed E-state index contributed by atoms with van der Waals surface area (Å²) >= 11 is 0. The van der Waals surface area contributed by atoms with Crippen molar-refractivity contribution in [2.24, 2.45) is 5.73 Å². The number of rotatable bonds is 3. The average molecular weight is 194 g/mol. The van der Waals surface area contributed by atoms with Gasteiger partial charge in [0.1, 0.15) is 0 Å². The maximum atomic E-state index is 10.7.